The molecule has 1 saturated carbocycles. The Balaban J connectivity index is 1.94. The molecule has 1 aliphatic carbocycles. The van der Waals surface area contributed by atoms with Crippen LogP contribution in [-0.2, 0) is 6.54 Å². The van der Waals surface area contributed by atoms with Gasteiger partial charge >= 0.3 is 0 Å². The van der Waals surface area contributed by atoms with E-state index >= 15 is 0 Å². The Morgan fingerprint density at radius 1 is 1.41 bits per heavy atom. The van der Waals surface area contributed by atoms with Crippen molar-refractivity contribution in [1.82, 2.24) is 9.88 Å². The number of nitrogens with zero attached hydrogens (tertiary/aromatic N) is 1. The first-order valence-corrected chi connectivity index (χ1v) is 7.16. The molecule has 0 spiro atoms. The summed E-state index contributed by atoms with van der Waals surface area (Å²) in [7, 11) is 2.06. The number of hydrogen-bond donors (Lipinski definition) is 1. The second-order valence-electron chi connectivity index (χ2n) is 5.42. The summed E-state index contributed by atoms with van der Waals surface area (Å²) in [6.07, 6.45) is 12.8. The highest BCUT2D eigenvalue weighted by Crippen LogP contribution is 2.27. The van der Waals surface area contributed by atoms with E-state index in [0.29, 0.717) is 6.04 Å². The highest BCUT2D eigenvalue weighted by Gasteiger charge is 2.16. The molecule has 2 heteroatoms. The molecule has 1 atom stereocenters. The van der Waals surface area contributed by atoms with E-state index in [1.165, 1.54) is 50.6 Å². The minimum Gasteiger partial charge on any atom is -0.354 e. The maximum absolute atomic E-state index is 3.41. The molecule has 1 aromatic rings. The van der Waals surface area contributed by atoms with Crippen molar-refractivity contribution >= 4 is 0 Å². The van der Waals surface area contributed by atoms with Crippen LogP contribution in [0.4, 0.5) is 0 Å². The second-order valence-corrected chi connectivity index (χ2v) is 5.42. The van der Waals surface area contributed by atoms with Gasteiger partial charge in [-0.1, -0.05) is 26.2 Å². The zero-order valence-corrected chi connectivity index (χ0v) is 11.3. The monoisotopic (exact) mass is 234 g/mol. The third-order valence-corrected chi connectivity index (χ3v) is 4.05. The number of hydrogen-bond acceptors (Lipinski definition) is 1. The first-order chi connectivity index (χ1) is 8.33. The van der Waals surface area contributed by atoms with Crippen molar-refractivity contribution in [3.8, 4) is 0 Å². The summed E-state index contributed by atoms with van der Waals surface area (Å²) in [5.74, 6) is 0.925. The summed E-state index contributed by atoms with van der Waals surface area (Å²) in [5, 5.41) is 3.41. The third kappa shape index (κ3) is 3.35. The van der Waals surface area contributed by atoms with Crippen molar-refractivity contribution in [2.45, 2.75) is 58.0 Å². The van der Waals surface area contributed by atoms with Crippen LogP contribution in [0.1, 0.15) is 57.1 Å². The Kier molecular flexibility index (Phi) is 4.66. The molecule has 1 aromatic heterocycles. The zero-order valence-electron chi connectivity index (χ0n) is 11.3. The van der Waals surface area contributed by atoms with Gasteiger partial charge in [-0.05, 0) is 43.9 Å². The Hall–Kier alpha value is -0.760. The molecule has 0 radical (unpaired) electrons. The normalized spacial score (nSPS) is 18.7. The number of aromatic nitrogens is 1. The maximum Gasteiger partial charge on any atom is 0.0332 e. The molecule has 1 aliphatic rings. The minimum absolute atomic E-state index is 0.532. The van der Waals surface area contributed by atoms with Gasteiger partial charge in [0, 0.05) is 25.0 Å². The average Bonchev–Trinajstić information content (AvgIpc) is 2.98. The summed E-state index contributed by atoms with van der Waals surface area (Å²) in [5.41, 5.74) is 1.45. The standard InChI is InChI=1S/C15H26N2/c1-3-6-15(16-2)14-9-10-17(12-14)11-13-7-4-5-8-13/h9-10,12-13,15-16H,3-8,11H2,1-2H3. The van der Waals surface area contributed by atoms with Gasteiger partial charge in [0.15, 0.2) is 0 Å². The van der Waals surface area contributed by atoms with Crippen LogP contribution in [-0.4, -0.2) is 11.6 Å². The minimum atomic E-state index is 0.532. The van der Waals surface area contributed by atoms with Gasteiger partial charge in [-0.3, -0.25) is 0 Å². The van der Waals surface area contributed by atoms with E-state index in [1.807, 2.05) is 0 Å². The van der Waals surface area contributed by atoms with Crippen molar-refractivity contribution in [3.05, 3.63) is 24.0 Å². The summed E-state index contributed by atoms with van der Waals surface area (Å²) >= 11 is 0. The number of rotatable bonds is 6. The zero-order chi connectivity index (χ0) is 12.1. The Bertz CT molecular complexity index is 323. The topological polar surface area (TPSA) is 17.0 Å². The summed E-state index contributed by atoms with van der Waals surface area (Å²) in [6.45, 7) is 3.47. The fraction of sp³-hybridized carbons (Fsp3) is 0.733. The molecule has 0 aliphatic heterocycles. The summed E-state index contributed by atoms with van der Waals surface area (Å²) in [6, 6.07) is 2.82. The highest BCUT2D eigenvalue weighted by atomic mass is 15.0. The predicted molar refractivity (Wildman–Crippen MR) is 73.1 cm³/mol. The molecule has 1 fully saturated rings. The molecule has 0 amide bonds. The molecule has 0 saturated heterocycles. The second kappa shape index (κ2) is 6.25. The molecule has 1 unspecified atom stereocenters. The first kappa shape index (κ1) is 12.7. The van der Waals surface area contributed by atoms with E-state index in [9.17, 15) is 0 Å². The summed E-state index contributed by atoms with van der Waals surface area (Å²) in [4.78, 5) is 0. The van der Waals surface area contributed by atoms with Crippen LogP contribution in [0.2, 0.25) is 0 Å². The van der Waals surface area contributed by atoms with Gasteiger partial charge < -0.3 is 9.88 Å². The van der Waals surface area contributed by atoms with E-state index < -0.39 is 0 Å². The van der Waals surface area contributed by atoms with Gasteiger partial charge in [0.25, 0.3) is 0 Å². The molecule has 2 rings (SSSR count). The van der Waals surface area contributed by atoms with Crippen LogP contribution in [0.15, 0.2) is 18.5 Å². The predicted octanol–water partition coefficient (Wildman–Crippen LogP) is 3.74. The SMILES string of the molecule is CCCC(NC)c1ccn(CC2CCCC2)c1. The Morgan fingerprint density at radius 3 is 2.82 bits per heavy atom. The Morgan fingerprint density at radius 2 is 2.18 bits per heavy atom. The van der Waals surface area contributed by atoms with E-state index in [1.54, 1.807) is 0 Å². The smallest absolute Gasteiger partial charge is 0.0332 e. The quantitative estimate of drug-likeness (QED) is 0.793. The van der Waals surface area contributed by atoms with Gasteiger partial charge in [0.1, 0.15) is 0 Å². The fourth-order valence-electron chi connectivity index (χ4n) is 3.04. The van der Waals surface area contributed by atoms with Crippen LogP contribution >= 0.6 is 0 Å². The maximum atomic E-state index is 3.41. The Labute approximate surface area is 105 Å². The molecule has 0 aromatic carbocycles. The van der Waals surface area contributed by atoms with Gasteiger partial charge in [-0.15, -0.1) is 0 Å². The van der Waals surface area contributed by atoms with Crippen LogP contribution in [0.3, 0.4) is 0 Å². The third-order valence-electron chi connectivity index (χ3n) is 4.05. The van der Waals surface area contributed by atoms with E-state index in [0.717, 1.165) is 5.92 Å². The van der Waals surface area contributed by atoms with Gasteiger partial charge in [-0.25, -0.2) is 0 Å². The number of nitrogens with one attached hydrogen (secondary N) is 1. The lowest BCUT2D eigenvalue weighted by molar-refractivity contribution is 0.456. The van der Waals surface area contributed by atoms with Crippen LogP contribution < -0.4 is 5.32 Å². The van der Waals surface area contributed by atoms with Crippen molar-refractivity contribution < 1.29 is 0 Å². The first-order valence-electron chi connectivity index (χ1n) is 7.16. The molecule has 1 N–H and O–H groups in total. The highest BCUT2D eigenvalue weighted by molar-refractivity contribution is 5.15. The van der Waals surface area contributed by atoms with E-state index in [2.05, 4.69) is 42.3 Å². The summed E-state index contributed by atoms with van der Waals surface area (Å²) < 4.78 is 2.39. The van der Waals surface area contributed by atoms with Crippen molar-refractivity contribution in [3.63, 3.8) is 0 Å². The van der Waals surface area contributed by atoms with E-state index in [4.69, 9.17) is 0 Å². The van der Waals surface area contributed by atoms with Crippen LogP contribution in [0, 0.1) is 5.92 Å². The van der Waals surface area contributed by atoms with Crippen molar-refractivity contribution in [2.24, 2.45) is 5.92 Å². The van der Waals surface area contributed by atoms with Crippen LogP contribution in [0.25, 0.3) is 0 Å². The lowest BCUT2D eigenvalue weighted by Gasteiger charge is -2.14. The molecule has 2 nitrogen and oxygen atoms in total. The van der Waals surface area contributed by atoms with E-state index in [-0.39, 0.29) is 0 Å². The van der Waals surface area contributed by atoms with Gasteiger partial charge in [0.2, 0.25) is 0 Å². The molecular formula is C15H26N2. The molecular weight excluding hydrogens is 208 g/mol. The molecule has 17 heavy (non-hydrogen) atoms. The van der Waals surface area contributed by atoms with Gasteiger partial charge in [-0.2, -0.15) is 0 Å². The lowest BCUT2D eigenvalue weighted by atomic mass is 10.1. The van der Waals surface area contributed by atoms with Crippen LogP contribution in [0.5, 0.6) is 0 Å². The fourth-order valence-corrected chi connectivity index (χ4v) is 3.04. The molecule has 96 valence electrons. The molecule has 1 heterocycles. The van der Waals surface area contributed by atoms with Crippen molar-refractivity contribution in [2.75, 3.05) is 7.05 Å². The lowest BCUT2D eigenvalue weighted by Crippen LogP contribution is -2.15. The van der Waals surface area contributed by atoms with Gasteiger partial charge in [0.05, 0.1) is 0 Å². The average molecular weight is 234 g/mol. The molecule has 0 bridgehead atoms. The largest absolute Gasteiger partial charge is 0.354 e. The van der Waals surface area contributed by atoms with Crippen molar-refractivity contribution in [1.29, 1.82) is 0 Å².